The largest absolute Gasteiger partial charge is 0.492 e. The molecule has 0 fully saturated rings. The van der Waals surface area contributed by atoms with Crippen LogP contribution in [0.1, 0.15) is 53.5 Å². The second-order valence-corrected chi connectivity index (χ2v) is 9.70. The summed E-state index contributed by atoms with van der Waals surface area (Å²) in [6.45, 7) is 7.86. The van der Waals surface area contributed by atoms with E-state index in [4.69, 9.17) is 4.74 Å². The first-order chi connectivity index (χ1) is 16.1. The molecule has 1 heterocycles. The second kappa shape index (κ2) is 10.4. The van der Waals surface area contributed by atoms with Crippen molar-refractivity contribution in [3.63, 3.8) is 0 Å². The summed E-state index contributed by atoms with van der Waals surface area (Å²) in [6.07, 6.45) is -0.129. The van der Waals surface area contributed by atoms with E-state index < -0.39 is 27.7 Å². The fourth-order valence-corrected chi connectivity index (χ4v) is 5.42. The van der Waals surface area contributed by atoms with Crippen LogP contribution in [-0.4, -0.2) is 61.6 Å². The zero-order valence-corrected chi connectivity index (χ0v) is 20.6. The third kappa shape index (κ3) is 4.97. The van der Waals surface area contributed by atoms with E-state index in [1.807, 2.05) is 6.92 Å². The summed E-state index contributed by atoms with van der Waals surface area (Å²) in [5.74, 6) is -1.11. The number of hydrogen-bond acceptors (Lipinski definition) is 6. The predicted octanol–water partition coefficient (Wildman–Crippen LogP) is 3.05. The molecule has 1 aliphatic heterocycles. The molecule has 0 unspecified atom stereocenters. The second-order valence-electron chi connectivity index (χ2n) is 7.79. The number of amides is 3. The summed E-state index contributed by atoms with van der Waals surface area (Å²) in [6, 6.07) is 9.45. The topological polar surface area (TPSA) is 113 Å². The lowest BCUT2D eigenvalue weighted by Crippen LogP contribution is -2.33. The molecule has 10 heteroatoms. The Morgan fingerprint density at radius 3 is 2.32 bits per heavy atom. The lowest BCUT2D eigenvalue weighted by Gasteiger charge is -2.21. The summed E-state index contributed by atoms with van der Waals surface area (Å²) in [7, 11) is -3.83. The smallest absolute Gasteiger partial charge is 0.261 e. The van der Waals surface area contributed by atoms with Gasteiger partial charge in [0, 0.05) is 31.7 Å². The van der Waals surface area contributed by atoms with Crippen LogP contribution in [0.4, 0.5) is 5.69 Å². The highest BCUT2D eigenvalue weighted by Crippen LogP contribution is 2.30. The molecular formula is C24H29N3O6S. The van der Waals surface area contributed by atoms with E-state index in [2.05, 4.69) is 5.32 Å². The molecule has 0 saturated carbocycles. The number of imide groups is 1. The van der Waals surface area contributed by atoms with E-state index in [1.165, 1.54) is 16.4 Å². The normalized spacial score (nSPS) is 13.4. The van der Waals surface area contributed by atoms with Gasteiger partial charge in [0.25, 0.3) is 11.8 Å². The molecule has 0 saturated heterocycles. The van der Waals surface area contributed by atoms with Crippen molar-refractivity contribution in [2.75, 3.05) is 31.6 Å². The van der Waals surface area contributed by atoms with Crippen LogP contribution in [0.3, 0.4) is 0 Å². The van der Waals surface area contributed by atoms with Gasteiger partial charge in [-0.1, -0.05) is 25.5 Å². The third-order valence-corrected chi connectivity index (χ3v) is 7.61. The minimum atomic E-state index is -3.83. The van der Waals surface area contributed by atoms with Gasteiger partial charge >= 0.3 is 0 Å². The highest BCUT2D eigenvalue weighted by Gasteiger charge is 2.35. The van der Waals surface area contributed by atoms with Gasteiger partial charge in [-0.05, 0) is 44.2 Å². The number of sulfonamides is 1. The van der Waals surface area contributed by atoms with Crippen LogP contribution >= 0.6 is 0 Å². The van der Waals surface area contributed by atoms with Gasteiger partial charge in [0.05, 0.1) is 17.7 Å². The van der Waals surface area contributed by atoms with E-state index in [1.54, 1.807) is 45.0 Å². The summed E-state index contributed by atoms with van der Waals surface area (Å²) in [4.78, 5) is 38.7. The van der Waals surface area contributed by atoms with Crippen molar-refractivity contribution in [1.82, 2.24) is 9.21 Å². The number of anilines is 1. The van der Waals surface area contributed by atoms with Crippen LogP contribution in [-0.2, 0) is 14.8 Å². The van der Waals surface area contributed by atoms with Crippen LogP contribution in [0.5, 0.6) is 5.75 Å². The number of aryl methyl sites for hydroxylation is 1. The Labute approximate surface area is 199 Å². The van der Waals surface area contributed by atoms with Gasteiger partial charge in [0.15, 0.2) is 0 Å². The molecule has 0 bridgehead atoms. The van der Waals surface area contributed by atoms with Crippen molar-refractivity contribution < 1.29 is 27.5 Å². The SMILES string of the molecule is CCOc1ccc(NC(=O)CCN2C(=O)c3ccc(C)cc3C2=O)cc1S(=O)(=O)N(CC)CC. The van der Waals surface area contributed by atoms with Crippen molar-refractivity contribution in [1.29, 1.82) is 0 Å². The molecule has 0 aliphatic carbocycles. The highest BCUT2D eigenvalue weighted by molar-refractivity contribution is 7.89. The molecule has 182 valence electrons. The van der Waals surface area contributed by atoms with Gasteiger partial charge in [0.2, 0.25) is 15.9 Å². The van der Waals surface area contributed by atoms with Crippen molar-refractivity contribution in [2.24, 2.45) is 0 Å². The zero-order valence-electron chi connectivity index (χ0n) is 19.8. The number of benzene rings is 2. The lowest BCUT2D eigenvalue weighted by atomic mass is 10.1. The van der Waals surface area contributed by atoms with Gasteiger partial charge in [0.1, 0.15) is 10.6 Å². The van der Waals surface area contributed by atoms with Crippen molar-refractivity contribution in [2.45, 2.75) is 39.0 Å². The van der Waals surface area contributed by atoms with Crippen LogP contribution in [0.25, 0.3) is 0 Å². The monoisotopic (exact) mass is 487 g/mol. The lowest BCUT2D eigenvalue weighted by molar-refractivity contribution is -0.116. The van der Waals surface area contributed by atoms with Crippen molar-refractivity contribution in [3.8, 4) is 5.75 Å². The molecular weight excluding hydrogens is 458 g/mol. The first-order valence-corrected chi connectivity index (χ1v) is 12.6. The number of ether oxygens (including phenoxy) is 1. The Morgan fingerprint density at radius 1 is 1.00 bits per heavy atom. The first-order valence-electron chi connectivity index (χ1n) is 11.2. The molecule has 9 nitrogen and oxygen atoms in total. The molecule has 0 aromatic heterocycles. The Balaban J connectivity index is 1.74. The Morgan fingerprint density at radius 2 is 1.68 bits per heavy atom. The average Bonchev–Trinajstić information content (AvgIpc) is 3.03. The maximum atomic E-state index is 13.1. The van der Waals surface area contributed by atoms with Crippen LogP contribution in [0, 0.1) is 6.92 Å². The fraction of sp³-hybridized carbons (Fsp3) is 0.375. The van der Waals surface area contributed by atoms with E-state index in [-0.39, 0.29) is 35.9 Å². The number of nitrogens with one attached hydrogen (secondary N) is 1. The van der Waals surface area contributed by atoms with E-state index in [0.717, 1.165) is 10.5 Å². The molecule has 2 aromatic carbocycles. The average molecular weight is 488 g/mol. The number of carbonyl (C=O) groups is 3. The minimum absolute atomic E-state index is 0.0356. The van der Waals surface area contributed by atoms with E-state index >= 15 is 0 Å². The van der Waals surface area contributed by atoms with Crippen molar-refractivity contribution in [3.05, 3.63) is 53.1 Å². The Bertz CT molecular complexity index is 1220. The van der Waals surface area contributed by atoms with Gasteiger partial charge < -0.3 is 10.1 Å². The molecule has 2 aromatic rings. The Hall–Kier alpha value is -3.24. The molecule has 1 aliphatic rings. The third-order valence-electron chi connectivity index (χ3n) is 5.54. The molecule has 34 heavy (non-hydrogen) atoms. The molecule has 0 spiro atoms. The standard InChI is InChI=1S/C24H29N3O6S/c1-5-26(6-2)34(31,32)21-15-17(9-11-20(21)33-7-3)25-22(28)12-13-27-23(29)18-10-8-16(4)14-19(18)24(27)30/h8-11,14-15H,5-7,12-13H2,1-4H3,(H,25,28). The summed E-state index contributed by atoms with van der Waals surface area (Å²) >= 11 is 0. The zero-order chi connectivity index (χ0) is 25.0. The number of carbonyl (C=O) groups excluding carboxylic acids is 3. The molecule has 1 N–H and O–H groups in total. The van der Waals surface area contributed by atoms with E-state index in [0.29, 0.717) is 24.2 Å². The number of rotatable bonds is 10. The van der Waals surface area contributed by atoms with Crippen LogP contribution in [0.15, 0.2) is 41.3 Å². The van der Waals surface area contributed by atoms with Gasteiger partial charge in [-0.3, -0.25) is 19.3 Å². The van der Waals surface area contributed by atoms with Crippen LogP contribution < -0.4 is 10.1 Å². The number of hydrogen-bond donors (Lipinski definition) is 1. The minimum Gasteiger partial charge on any atom is -0.492 e. The molecule has 3 rings (SSSR count). The maximum absolute atomic E-state index is 13.1. The maximum Gasteiger partial charge on any atom is 0.261 e. The summed E-state index contributed by atoms with van der Waals surface area (Å²) in [5, 5.41) is 2.66. The summed E-state index contributed by atoms with van der Waals surface area (Å²) in [5.41, 5.74) is 1.81. The Kier molecular flexibility index (Phi) is 7.73. The molecule has 0 radical (unpaired) electrons. The number of fused-ring (bicyclic) bond motifs is 1. The van der Waals surface area contributed by atoms with E-state index in [9.17, 15) is 22.8 Å². The van der Waals surface area contributed by atoms with Crippen molar-refractivity contribution >= 4 is 33.4 Å². The van der Waals surface area contributed by atoms with Gasteiger partial charge in [-0.25, -0.2) is 8.42 Å². The number of nitrogens with zero attached hydrogens (tertiary/aromatic N) is 2. The first kappa shape index (κ1) is 25.4. The van der Waals surface area contributed by atoms with Gasteiger partial charge in [-0.15, -0.1) is 0 Å². The van der Waals surface area contributed by atoms with Crippen LogP contribution in [0.2, 0.25) is 0 Å². The highest BCUT2D eigenvalue weighted by atomic mass is 32.2. The molecule has 0 atom stereocenters. The van der Waals surface area contributed by atoms with Gasteiger partial charge in [-0.2, -0.15) is 4.31 Å². The molecule has 3 amide bonds. The predicted molar refractivity (Wildman–Crippen MR) is 128 cm³/mol. The quantitative estimate of drug-likeness (QED) is 0.516. The summed E-state index contributed by atoms with van der Waals surface area (Å²) < 4.78 is 33.0. The fourth-order valence-electron chi connectivity index (χ4n) is 3.81.